The largest absolute Gasteiger partial charge is 0.489 e. The van der Waals surface area contributed by atoms with Crippen molar-refractivity contribution in [2.45, 2.75) is 25.9 Å². The lowest BCUT2D eigenvalue weighted by molar-refractivity contribution is 0.297. The van der Waals surface area contributed by atoms with E-state index in [9.17, 15) is 0 Å². The lowest BCUT2D eigenvalue weighted by atomic mass is 10.1. The number of hydrogen-bond acceptors (Lipinski definition) is 4. The average molecular weight is 324 g/mol. The summed E-state index contributed by atoms with van der Waals surface area (Å²) in [4.78, 5) is 1.33. The average Bonchev–Trinajstić information content (AvgIpc) is 2.91. The van der Waals surface area contributed by atoms with Gasteiger partial charge in [-0.25, -0.2) is 0 Å². The number of halogens is 1. The van der Waals surface area contributed by atoms with E-state index in [0.29, 0.717) is 30.0 Å². The van der Waals surface area contributed by atoms with E-state index in [-0.39, 0.29) is 0 Å². The summed E-state index contributed by atoms with van der Waals surface area (Å²) in [5, 5.41) is 6.22. The Bertz CT molecular complexity index is 601. The van der Waals surface area contributed by atoms with Gasteiger partial charge in [-0.2, -0.15) is 0 Å². The molecule has 1 aliphatic heterocycles. The Morgan fingerprint density at radius 1 is 1.33 bits per heavy atom. The Kier molecular flexibility index (Phi) is 4.68. The molecule has 2 heterocycles. The Labute approximate surface area is 133 Å². The zero-order valence-electron chi connectivity index (χ0n) is 11.9. The SMILES string of the molecule is CC(NCc1cc(Cl)c2c(c1)OCCCO2)c1cccs1. The van der Waals surface area contributed by atoms with E-state index in [1.165, 1.54) is 4.88 Å². The third kappa shape index (κ3) is 3.51. The molecule has 3 nitrogen and oxygen atoms in total. The van der Waals surface area contributed by atoms with Gasteiger partial charge in [-0.3, -0.25) is 0 Å². The number of thiophene rings is 1. The van der Waals surface area contributed by atoms with Crippen molar-refractivity contribution in [3.8, 4) is 11.5 Å². The van der Waals surface area contributed by atoms with Gasteiger partial charge >= 0.3 is 0 Å². The topological polar surface area (TPSA) is 30.5 Å². The fraction of sp³-hybridized carbons (Fsp3) is 0.375. The van der Waals surface area contributed by atoms with Crippen molar-refractivity contribution in [2.24, 2.45) is 0 Å². The molecule has 1 unspecified atom stereocenters. The molecule has 0 aliphatic carbocycles. The van der Waals surface area contributed by atoms with Gasteiger partial charge in [-0.1, -0.05) is 17.7 Å². The summed E-state index contributed by atoms with van der Waals surface area (Å²) < 4.78 is 11.4. The summed E-state index contributed by atoms with van der Waals surface area (Å²) in [5.41, 5.74) is 1.10. The molecule has 0 radical (unpaired) electrons. The van der Waals surface area contributed by atoms with Crippen LogP contribution in [0.5, 0.6) is 11.5 Å². The number of benzene rings is 1. The van der Waals surface area contributed by atoms with Crippen LogP contribution in [0.4, 0.5) is 0 Å². The molecule has 0 amide bonds. The monoisotopic (exact) mass is 323 g/mol. The molecule has 0 saturated carbocycles. The first-order valence-electron chi connectivity index (χ1n) is 7.09. The number of fused-ring (bicyclic) bond motifs is 1. The van der Waals surface area contributed by atoms with Gasteiger partial charge < -0.3 is 14.8 Å². The van der Waals surface area contributed by atoms with Gasteiger partial charge in [0.2, 0.25) is 0 Å². The van der Waals surface area contributed by atoms with Crippen molar-refractivity contribution in [1.29, 1.82) is 0 Å². The van der Waals surface area contributed by atoms with Crippen LogP contribution in [-0.2, 0) is 6.54 Å². The van der Waals surface area contributed by atoms with Gasteiger partial charge in [0, 0.05) is 23.9 Å². The zero-order valence-corrected chi connectivity index (χ0v) is 13.5. The molecule has 0 fully saturated rings. The molecule has 0 saturated heterocycles. The molecule has 0 spiro atoms. The van der Waals surface area contributed by atoms with Crippen molar-refractivity contribution in [1.82, 2.24) is 5.32 Å². The Balaban J connectivity index is 1.71. The summed E-state index contributed by atoms with van der Waals surface area (Å²) in [6.07, 6.45) is 0.883. The highest BCUT2D eigenvalue weighted by atomic mass is 35.5. The predicted molar refractivity (Wildman–Crippen MR) is 86.6 cm³/mol. The van der Waals surface area contributed by atoms with Crippen LogP contribution < -0.4 is 14.8 Å². The summed E-state index contributed by atoms with van der Waals surface area (Å²) >= 11 is 8.07. The van der Waals surface area contributed by atoms with Crippen molar-refractivity contribution in [3.05, 3.63) is 45.1 Å². The first-order valence-corrected chi connectivity index (χ1v) is 8.34. The van der Waals surface area contributed by atoms with Gasteiger partial charge in [-0.15, -0.1) is 11.3 Å². The van der Waals surface area contributed by atoms with E-state index >= 15 is 0 Å². The quantitative estimate of drug-likeness (QED) is 0.903. The summed E-state index contributed by atoms with van der Waals surface area (Å²) in [5.74, 6) is 1.42. The van der Waals surface area contributed by atoms with E-state index in [4.69, 9.17) is 21.1 Å². The highest BCUT2D eigenvalue weighted by Crippen LogP contribution is 2.38. The Morgan fingerprint density at radius 3 is 3.00 bits per heavy atom. The third-order valence-corrected chi connectivity index (χ3v) is 4.78. The molecule has 3 rings (SSSR count). The van der Waals surface area contributed by atoms with Crippen LogP contribution in [0.15, 0.2) is 29.6 Å². The molecule has 1 aromatic carbocycles. The number of nitrogens with one attached hydrogen (secondary N) is 1. The normalized spacial score (nSPS) is 15.5. The highest BCUT2D eigenvalue weighted by Gasteiger charge is 2.16. The molecule has 0 bridgehead atoms. The van der Waals surface area contributed by atoms with Gasteiger partial charge in [0.25, 0.3) is 0 Å². The van der Waals surface area contributed by atoms with Gasteiger partial charge in [0.1, 0.15) is 0 Å². The minimum Gasteiger partial charge on any atom is -0.489 e. The van der Waals surface area contributed by atoms with E-state index in [2.05, 4.69) is 29.8 Å². The maximum Gasteiger partial charge on any atom is 0.179 e. The molecule has 1 aliphatic rings. The van der Waals surface area contributed by atoms with Crippen LogP contribution in [0, 0.1) is 0 Å². The first-order chi connectivity index (χ1) is 10.2. The highest BCUT2D eigenvalue weighted by molar-refractivity contribution is 7.10. The molecule has 2 aromatic rings. The zero-order chi connectivity index (χ0) is 14.7. The van der Waals surface area contributed by atoms with Crippen LogP contribution in [0.2, 0.25) is 5.02 Å². The first kappa shape index (κ1) is 14.7. The minimum atomic E-state index is 0.319. The fourth-order valence-electron chi connectivity index (χ4n) is 2.30. The van der Waals surface area contributed by atoms with Crippen molar-refractivity contribution >= 4 is 22.9 Å². The van der Waals surface area contributed by atoms with E-state index in [0.717, 1.165) is 24.3 Å². The van der Waals surface area contributed by atoms with Crippen LogP contribution in [0.3, 0.4) is 0 Å². The number of hydrogen-bond donors (Lipinski definition) is 1. The Hall–Kier alpha value is -1.23. The summed E-state index contributed by atoms with van der Waals surface area (Å²) in [7, 11) is 0. The number of rotatable bonds is 4. The van der Waals surface area contributed by atoms with Crippen LogP contribution in [0.1, 0.15) is 29.8 Å². The van der Waals surface area contributed by atoms with Gasteiger partial charge in [-0.05, 0) is 36.1 Å². The minimum absolute atomic E-state index is 0.319. The summed E-state index contributed by atoms with van der Waals surface area (Å²) in [6.45, 7) is 4.23. The smallest absolute Gasteiger partial charge is 0.179 e. The summed E-state index contributed by atoms with van der Waals surface area (Å²) in [6, 6.07) is 8.50. The maximum atomic E-state index is 6.30. The fourth-order valence-corrected chi connectivity index (χ4v) is 3.34. The second-order valence-corrected chi connectivity index (χ2v) is 6.46. The standard InChI is InChI=1S/C16H18ClNO2S/c1-11(15-4-2-7-21-15)18-10-12-8-13(17)16-14(9-12)19-5-3-6-20-16/h2,4,7-9,11,18H,3,5-6,10H2,1H3. The van der Waals surface area contributed by atoms with Crippen molar-refractivity contribution in [2.75, 3.05) is 13.2 Å². The van der Waals surface area contributed by atoms with Crippen molar-refractivity contribution in [3.63, 3.8) is 0 Å². The van der Waals surface area contributed by atoms with E-state index in [1.807, 2.05) is 12.1 Å². The Morgan fingerprint density at radius 2 is 2.19 bits per heavy atom. The lowest BCUT2D eigenvalue weighted by Gasteiger charge is -2.15. The van der Waals surface area contributed by atoms with E-state index < -0.39 is 0 Å². The number of ether oxygens (including phenoxy) is 2. The molecule has 21 heavy (non-hydrogen) atoms. The predicted octanol–water partition coefficient (Wildman–Crippen LogP) is 4.41. The second kappa shape index (κ2) is 6.69. The lowest BCUT2D eigenvalue weighted by Crippen LogP contribution is -2.17. The molecule has 5 heteroatoms. The molecule has 112 valence electrons. The van der Waals surface area contributed by atoms with Gasteiger partial charge in [0.15, 0.2) is 11.5 Å². The molecule has 1 N–H and O–H groups in total. The molecule has 1 atom stereocenters. The van der Waals surface area contributed by atoms with Crippen molar-refractivity contribution < 1.29 is 9.47 Å². The van der Waals surface area contributed by atoms with Gasteiger partial charge in [0.05, 0.1) is 18.2 Å². The third-order valence-electron chi connectivity index (χ3n) is 3.44. The maximum absolute atomic E-state index is 6.30. The van der Waals surface area contributed by atoms with Crippen LogP contribution in [0.25, 0.3) is 0 Å². The molecule has 1 aromatic heterocycles. The molecular formula is C16H18ClNO2S. The van der Waals surface area contributed by atoms with Crippen LogP contribution >= 0.6 is 22.9 Å². The van der Waals surface area contributed by atoms with Crippen LogP contribution in [-0.4, -0.2) is 13.2 Å². The second-order valence-electron chi connectivity index (χ2n) is 5.07. The van der Waals surface area contributed by atoms with E-state index in [1.54, 1.807) is 11.3 Å². The molecular weight excluding hydrogens is 306 g/mol.